The van der Waals surface area contributed by atoms with Crippen LogP contribution in [-0.2, 0) is 0 Å². The summed E-state index contributed by atoms with van der Waals surface area (Å²) in [6, 6.07) is 5.07. The SMILES string of the molecule is CC(CC(F)(F)F)NC(=O)c1ccc(C#CCO)cc1. The summed E-state index contributed by atoms with van der Waals surface area (Å²) in [7, 11) is 0. The van der Waals surface area contributed by atoms with Crippen LogP contribution in [0.2, 0.25) is 0 Å². The van der Waals surface area contributed by atoms with Gasteiger partial charge in [-0.05, 0) is 31.2 Å². The van der Waals surface area contributed by atoms with E-state index in [1.807, 2.05) is 0 Å². The number of carbonyl (C=O) groups excluding carboxylic acids is 1. The Balaban J connectivity index is 2.64. The van der Waals surface area contributed by atoms with Crippen LogP contribution in [0, 0.1) is 11.8 Å². The van der Waals surface area contributed by atoms with Gasteiger partial charge in [-0.2, -0.15) is 13.2 Å². The summed E-state index contributed by atoms with van der Waals surface area (Å²) in [5.74, 6) is 4.54. The Labute approximate surface area is 114 Å². The number of benzene rings is 1. The van der Waals surface area contributed by atoms with E-state index in [2.05, 4.69) is 17.2 Å². The van der Waals surface area contributed by atoms with Gasteiger partial charge in [0, 0.05) is 17.2 Å². The number of hydrogen-bond donors (Lipinski definition) is 2. The minimum absolute atomic E-state index is 0.258. The molecule has 6 heteroatoms. The van der Waals surface area contributed by atoms with Gasteiger partial charge >= 0.3 is 6.18 Å². The minimum Gasteiger partial charge on any atom is -0.384 e. The lowest BCUT2D eigenvalue weighted by molar-refractivity contribution is -0.138. The van der Waals surface area contributed by atoms with Crippen LogP contribution in [0.15, 0.2) is 24.3 Å². The lowest BCUT2D eigenvalue weighted by atomic mass is 10.1. The zero-order valence-electron chi connectivity index (χ0n) is 10.8. The normalized spacial score (nSPS) is 12.2. The second kappa shape index (κ2) is 6.96. The molecule has 1 aromatic rings. The van der Waals surface area contributed by atoms with Gasteiger partial charge in [0.05, 0.1) is 6.42 Å². The highest BCUT2D eigenvalue weighted by molar-refractivity contribution is 5.94. The zero-order chi connectivity index (χ0) is 15.2. The third-order valence-corrected chi connectivity index (χ3v) is 2.37. The number of alkyl halides is 3. The number of rotatable bonds is 3. The van der Waals surface area contributed by atoms with Gasteiger partial charge in [-0.3, -0.25) is 4.79 Å². The summed E-state index contributed by atoms with van der Waals surface area (Å²) in [4.78, 5) is 11.7. The van der Waals surface area contributed by atoms with Crippen molar-refractivity contribution < 1.29 is 23.1 Å². The Morgan fingerprint density at radius 3 is 2.45 bits per heavy atom. The van der Waals surface area contributed by atoms with E-state index in [0.717, 1.165) is 0 Å². The summed E-state index contributed by atoms with van der Waals surface area (Å²) < 4.78 is 36.4. The van der Waals surface area contributed by atoms with E-state index in [4.69, 9.17) is 5.11 Å². The average molecular weight is 285 g/mol. The second-order valence-corrected chi connectivity index (χ2v) is 4.23. The molecule has 2 N–H and O–H groups in total. The first-order valence-corrected chi connectivity index (χ1v) is 5.89. The Morgan fingerprint density at radius 2 is 1.95 bits per heavy atom. The number of aliphatic hydroxyl groups excluding tert-OH is 1. The Hall–Kier alpha value is -2.00. The fourth-order valence-corrected chi connectivity index (χ4v) is 1.55. The molecule has 0 saturated carbocycles. The van der Waals surface area contributed by atoms with Gasteiger partial charge in [0.1, 0.15) is 6.61 Å². The summed E-state index contributed by atoms with van der Waals surface area (Å²) >= 11 is 0. The maximum absolute atomic E-state index is 12.1. The summed E-state index contributed by atoms with van der Waals surface area (Å²) in [5.41, 5.74) is 0.868. The smallest absolute Gasteiger partial charge is 0.384 e. The fourth-order valence-electron chi connectivity index (χ4n) is 1.55. The molecule has 0 saturated heterocycles. The molecular weight excluding hydrogens is 271 g/mol. The molecule has 0 heterocycles. The van der Waals surface area contributed by atoms with Crippen LogP contribution in [0.4, 0.5) is 13.2 Å². The van der Waals surface area contributed by atoms with E-state index in [1.165, 1.54) is 19.1 Å². The predicted octanol–water partition coefficient (Wildman–Crippen LogP) is 2.10. The van der Waals surface area contributed by atoms with Crippen molar-refractivity contribution in [1.29, 1.82) is 0 Å². The van der Waals surface area contributed by atoms with Crippen molar-refractivity contribution in [2.75, 3.05) is 6.61 Å². The lowest BCUT2D eigenvalue weighted by Gasteiger charge is -2.15. The first kappa shape index (κ1) is 16.1. The largest absolute Gasteiger partial charge is 0.391 e. The van der Waals surface area contributed by atoms with Crippen LogP contribution < -0.4 is 5.32 Å². The molecule has 0 aliphatic carbocycles. The van der Waals surface area contributed by atoms with E-state index < -0.39 is 24.5 Å². The van der Waals surface area contributed by atoms with Gasteiger partial charge in [-0.25, -0.2) is 0 Å². The molecular formula is C14H14F3NO2. The van der Waals surface area contributed by atoms with Gasteiger partial charge in [0.2, 0.25) is 0 Å². The number of hydrogen-bond acceptors (Lipinski definition) is 2. The molecule has 1 atom stereocenters. The van der Waals surface area contributed by atoms with Gasteiger partial charge in [0.25, 0.3) is 5.91 Å². The molecule has 0 fully saturated rings. The first-order valence-electron chi connectivity index (χ1n) is 5.89. The van der Waals surface area contributed by atoms with Gasteiger partial charge in [-0.1, -0.05) is 11.8 Å². The maximum atomic E-state index is 12.1. The van der Waals surface area contributed by atoms with Crippen molar-refractivity contribution in [3.8, 4) is 11.8 Å². The minimum atomic E-state index is -4.31. The highest BCUT2D eigenvalue weighted by atomic mass is 19.4. The Kier molecular flexibility index (Phi) is 5.59. The maximum Gasteiger partial charge on any atom is 0.391 e. The van der Waals surface area contributed by atoms with Crippen LogP contribution in [0.5, 0.6) is 0 Å². The highest BCUT2D eigenvalue weighted by Gasteiger charge is 2.30. The van der Waals surface area contributed by atoms with Gasteiger partial charge in [0.15, 0.2) is 0 Å². The van der Waals surface area contributed by atoms with Crippen LogP contribution in [0.1, 0.15) is 29.3 Å². The molecule has 1 aromatic carbocycles. The molecule has 1 unspecified atom stereocenters. The van der Waals surface area contributed by atoms with Crippen molar-refractivity contribution in [1.82, 2.24) is 5.32 Å². The molecule has 1 amide bonds. The fraction of sp³-hybridized carbons (Fsp3) is 0.357. The third kappa shape index (κ3) is 5.76. The molecule has 0 aliphatic rings. The molecule has 3 nitrogen and oxygen atoms in total. The Morgan fingerprint density at radius 1 is 1.35 bits per heavy atom. The summed E-state index contributed by atoms with van der Waals surface area (Å²) in [6.07, 6.45) is -5.38. The number of amides is 1. The van der Waals surface area contributed by atoms with Crippen molar-refractivity contribution in [2.45, 2.75) is 25.6 Å². The van der Waals surface area contributed by atoms with Crippen LogP contribution in [0.3, 0.4) is 0 Å². The molecule has 0 radical (unpaired) electrons. The predicted molar refractivity (Wildman–Crippen MR) is 68.0 cm³/mol. The molecule has 0 bridgehead atoms. The molecule has 0 spiro atoms. The lowest BCUT2D eigenvalue weighted by Crippen LogP contribution is -2.35. The van der Waals surface area contributed by atoms with Crippen LogP contribution in [0.25, 0.3) is 0 Å². The number of halogens is 3. The molecule has 1 rings (SSSR count). The zero-order valence-corrected chi connectivity index (χ0v) is 10.8. The Bertz CT molecular complexity index is 512. The first-order chi connectivity index (χ1) is 9.31. The average Bonchev–Trinajstić information content (AvgIpc) is 2.34. The summed E-state index contributed by atoms with van der Waals surface area (Å²) in [5, 5.41) is 10.8. The van der Waals surface area contributed by atoms with Crippen LogP contribution >= 0.6 is 0 Å². The quantitative estimate of drug-likeness (QED) is 0.836. The third-order valence-electron chi connectivity index (χ3n) is 2.37. The monoisotopic (exact) mass is 285 g/mol. The van der Waals surface area contributed by atoms with Crippen LogP contribution in [-0.4, -0.2) is 29.8 Å². The molecule has 0 aromatic heterocycles. The van der Waals surface area contributed by atoms with Crippen molar-refractivity contribution >= 4 is 5.91 Å². The number of aliphatic hydroxyl groups is 1. The van der Waals surface area contributed by atoms with Crippen molar-refractivity contribution in [3.63, 3.8) is 0 Å². The van der Waals surface area contributed by atoms with Gasteiger partial charge < -0.3 is 10.4 Å². The molecule has 0 aliphatic heterocycles. The van der Waals surface area contributed by atoms with Crippen molar-refractivity contribution in [3.05, 3.63) is 35.4 Å². The molecule has 108 valence electrons. The van der Waals surface area contributed by atoms with E-state index >= 15 is 0 Å². The van der Waals surface area contributed by atoms with E-state index in [1.54, 1.807) is 12.1 Å². The topological polar surface area (TPSA) is 49.3 Å². The van der Waals surface area contributed by atoms with E-state index in [0.29, 0.717) is 5.56 Å². The number of carbonyl (C=O) groups is 1. The van der Waals surface area contributed by atoms with Crippen molar-refractivity contribution in [2.24, 2.45) is 0 Å². The molecule has 20 heavy (non-hydrogen) atoms. The standard InChI is InChI=1S/C14H14F3NO2/c1-10(9-14(15,16)17)18-13(20)12-6-4-11(5-7-12)3-2-8-19/h4-7,10,19H,8-9H2,1H3,(H,18,20). The van der Waals surface area contributed by atoms with E-state index in [-0.39, 0.29) is 12.2 Å². The van der Waals surface area contributed by atoms with Gasteiger partial charge in [-0.15, -0.1) is 0 Å². The van der Waals surface area contributed by atoms with E-state index in [9.17, 15) is 18.0 Å². The highest BCUT2D eigenvalue weighted by Crippen LogP contribution is 2.21. The number of nitrogens with one attached hydrogen (secondary N) is 1. The second-order valence-electron chi connectivity index (χ2n) is 4.23. The summed E-state index contributed by atoms with van der Waals surface area (Å²) in [6.45, 7) is 1.03.